The van der Waals surface area contributed by atoms with Gasteiger partial charge in [0, 0.05) is 47.0 Å². The lowest BCUT2D eigenvalue weighted by molar-refractivity contribution is 0.0717. The molecule has 8 atom stereocenters. The van der Waals surface area contributed by atoms with Crippen molar-refractivity contribution in [3.05, 3.63) is 136 Å². The lowest BCUT2D eigenvalue weighted by Crippen LogP contribution is -2.52. The normalized spacial score (nSPS) is 36.1. The van der Waals surface area contributed by atoms with Gasteiger partial charge in [0.05, 0.1) is 0 Å². The fourth-order valence-electron chi connectivity index (χ4n) is 11.0. The fraction of sp³-hybridized carbons (Fsp3) is 0.455. The zero-order valence-electron chi connectivity index (χ0n) is 27.5. The summed E-state index contributed by atoms with van der Waals surface area (Å²) in [6.07, 6.45) is 41.5. The van der Waals surface area contributed by atoms with E-state index in [1.165, 1.54) is 62.5 Å². The number of para-hydroxylation sites is 1. The molecule has 1 aromatic rings. The van der Waals surface area contributed by atoms with Gasteiger partial charge in [-0.3, -0.25) is 0 Å². The highest BCUT2D eigenvalue weighted by Gasteiger charge is 2.50. The molecule has 0 amide bonds. The van der Waals surface area contributed by atoms with Gasteiger partial charge in [-0.15, -0.1) is 0 Å². The average Bonchev–Trinajstić information content (AvgIpc) is 3.71. The van der Waals surface area contributed by atoms with Crippen molar-refractivity contribution in [3.63, 3.8) is 0 Å². The smallest absolute Gasteiger partial charge is 0.125 e. The Morgan fingerprint density at radius 3 is 2.72 bits per heavy atom. The van der Waals surface area contributed by atoms with Crippen LogP contribution in [0, 0.1) is 17.8 Å². The van der Waals surface area contributed by atoms with Gasteiger partial charge in [-0.25, -0.2) is 0 Å². The van der Waals surface area contributed by atoms with Gasteiger partial charge < -0.3 is 14.4 Å². The summed E-state index contributed by atoms with van der Waals surface area (Å²) in [5, 5.41) is 0. The summed E-state index contributed by atoms with van der Waals surface area (Å²) in [7, 11) is 0. The number of rotatable bonds is 4. The summed E-state index contributed by atoms with van der Waals surface area (Å²) in [5.41, 5.74) is 11.1. The van der Waals surface area contributed by atoms with E-state index >= 15 is 0 Å². The first-order chi connectivity index (χ1) is 23.3. The number of hydrogen-bond acceptors (Lipinski definition) is 3. The van der Waals surface area contributed by atoms with Gasteiger partial charge in [-0.2, -0.15) is 0 Å². The second-order valence-electron chi connectivity index (χ2n) is 15.3. The zero-order chi connectivity index (χ0) is 30.9. The molecule has 3 heteroatoms. The molecule has 0 N–H and O–H groups in total. The SMILES string of the molecule is C1=CC2C3=C(CCC4Oc5ccccc5C34)CCC2C(N(C2C=C(C3=CCCC=C3)CCC2)C2CC=CC3OC4=C(CCC=C4)C32)=C1. The maximum atomic E-state index is 6.69. The van der Waals surface area contributed by atoms with Gasteiger partial charge in [0.2, 0.25) is 0 Å². The second-order valence-corrected chi connectivity index (χ2v) is 15.3. The topological polar surface area (TPSA) is 21.7 Å². The predicted octanol–water partition coefficient (Wildman–Crippen LogP) is 10.1. The van der Waals surface area contributed by atoms with Crippen molar-refractivity contribution in [2.45, 2.75) is 107 Å². The Bertz CT molecular complexity index is 1760. The van der Waals surface area contributed by atoms with Crippen LogP contribution in [0.15, 0.2) is 130 Å². The second kappa shape index (κ2) is 11.5. The molecule has 0 aromatic heterocycles. The Kier molecular flexibility index (Phi) is 6.90. The van der Waals surface area contributed by atoms with Crippen LogP contribution in [0.5, 0.6) is 5.75 Å². The van der Waals surface area contributed by atoms with Crippen LogP contribution in [0.1, 0.15) is 88.5 Å². The van der Waals surface area contributed by atoms with Crippen molar-refractivity contribution in [1.29, 1.82) is 0 Å². The van der Waals surface area contributed by atoms with Gasteiger partial charge >= 0.3 is 0 Å². The summed E-state index contributed by atoms with van der Waals surface area (Å²) >= 11 is 0. The zero-order valence-corrected chi connectivity index (χ0v) is 27.5. The maximum absolute atomic E-state index is 6.69. The van der Waals surface area contributed by atoms with E-state index in [2.05, 4.69) is 96.0 Å². The molecule has 0 radical (unpaired) electrons. The third kappa shape index (κ3) is 4.59. The van der Waals surface area contributed by atoms with Gasteiger partial charge in [0.25, 0.3) is 0 Å². The van der Waals surface area contributed by atoms with E-state index in [4.69, 9.17) is 9.47 Å². The van der Waals surface area contributed by atoms with Gasteiger partial charge in [0.1, 0.15) is 23.7 Å². The van der Waals surface area contributed by atoms with E-state index in [1.807, 2.05) is 0 Å². The minimum atomic E-state index is 0.155. The molecule has 0 spiro atoms. The Morgan fingerprint density at radius 2 is 1.77 bits per heavy atom. The molecule has 0 fully saturated rings. The first kappa shape index (κ1) is 28.3. The predicted molar refractivity (Wildman–Crippen MR) is 189 cm³/mol. The molecule has 7 aliphatic carbocycles. The minimum Gasteiger partial charge on any atom is -0.489 e. The van der Waals surface area contributed by atoms with Crippen molar-refractivity contribution in [2.75, 3.05) is 0 Å². The summed E-state index contributed by atoms with van der Waals surface area (Å²) < 4.78 is 13.3. The molecular formula is C44H47NO2. The highest BCUT2D eigenvalue weighted by atomic mass is 16.5. The molecule has 47 heavy (non-hydrogen) atoms. The molecule has 8 unspecified atom stereocenters. The van der Waals surface area contributed by atoms with Crippen LogP contribution < -0.4 is 4.74 Å². The van der Waals surface area contributed by atoms with E-state index in [1.54, 1.807) is 28.0 Å². The monoisotopic (exact) mass is 621 g/mol. The van der Waals surface area contributed by atoms with Crippen LogP contribution in [0.3, 0.4) is 0 Å². The molecular weight excluding hydrogens is 574 g/mol. The maximum Gasteiger partial charge on any atom is 0.125 e. The Hall–Kier alpha value is -3.72. The first-order valence-corrected chi connectivity index (χ1v) is 18.8. The van der Waals surface area contributed by atoms with E-state index in [9.17, 15) is 0 Å². The van der Waals surface area contributed by atoms with Crippen LogP contribution in [0.25, 0.3) is 0 Å². The number of ether oxygens (including phenoxy) is 2. The number of nitrogens with zero attached hydrogens (tertiary/aromatic N) is 1. The third-order valence-corrected chi connectivity index (χ3v) is 12.9. The Labute approximate surface area is 280 Å². The van der Waals surface area contributed by atoms with Gasteiger partial charge in [-0.1, -0.05) is 78.0 Å². The summed E-state index contributed by atoms with van der Waals surface area (Å²) in [5.74, 6) is 4.05. The molecule has 9 aliphatic rings. The number of allylic oxidation sites excluding steroid dienone is 12. The van der Waals surface area contributed by atoms with E-state index in [-0.39, 0.29) is 12.2 Å². The van der Waals surface area contributed by atoms with Gasteiger partial charge in [0.15, 0.2) is 0 Å². The lowest BCUT2D eigenvalue weighted by atomic mass is 9.62. The molecule has 2 aliphatic heterocycles. The van der Waals surface area contributed by atoms with E-state index in [0.717, 1.165) is 37.2 Å². The highest BCUT2D eigenvalue weighted by Crippen LogP contribution is 2.57. The summed E-state index contributed by atoms with van der Waals surface area (Å²) in [4.78, 5) is 2.98. The van der Waals surface area contributed by atoms with Crippen molar-refractivity contribution < 1.29 is 9.47 Å². The third-order valence-electron chi connectivity index (χ3n) is 12.9. The molecule has 0 bridgehead atoms. The number of benzene rings is 1. The van der Waals surface area contributed by atoms with E-state index in [0.29, 0.717) is 35.8 Å². The van der Waals surface area contributed by atoms with Gasteiger partial charge in [-0.05, 0) is 118 Å². The molecule has 0 saturated heterocycles. The number of hydrogen-bond donors (Lipinski definition) is 0. The Balaban J connectivity index is 1.07. The summed E-state index contributed by atoms with van der Waals surface area (Å²) in [6.45, 7) is 0. The Morgan fingerprint density at radius 1 is 0.830 bits per heavy atom. The number of fused-ring (bicyclic) bond motifs is 8. The average molecular weight is 622 g/mol. The highest BCUT2D eigenvalue weighted by molar-refractivity contribution is 5.52. The standard InChI is InChI=1S/C44H47NO2/c1-2-11-28(12-3-1)30-13-8-14-31(27-30)45(37-19-10-22-40-43(37)34-15-4-6-20-38(34)46-40)36-18-9-17-33-32(36)25-23-29-24-26-41-44(42(29)33)35-16-5-7-21-39(35)47-41/h2,5-7,9-12,16-18,20-22,27,31-33,37,40-41,43-44H,1,3-4,8,13-15,19,23-26H2. The van der Waals surface area contributed by atoms with E-state index < -0.39 is 0 Å². The van der Waals surface area contributed by atoms with Crippen LogP contribution in [-0.4, -0.2) is 29.2 Å². The van der Waals surface area contributed by atoms with Crippen molar-refractivity contribution in [2.24, 2.45) is 17.8 Å². The molecule has 0 saturated carbocycles. The van der Waals surface area contributed by atoms with Crippen molar-refractivity contribution in [1.82, 2.24) is 4.90 Å². The lowest BCUT2D eigenvalue weighted by Gasteiger charge is -2.51. The quantitative estimate of drug-likeness (QED) is 0.312. The molecule has 240 valence electrons. The molecule has 1 aromatic carbocycles. The molecule has 10 rings (SSSR count). The molecule has 3 nitrogen and oxygen atoms in total. The molecule has 2 heterocycles. The van der Waals surface area contributed by atoms with Crippen LogP contribution in [-0.2, 0) is 4.74 Å². The van der Waals surface area contributed by atoms with Crippen LogP contribution in [0.4, 0.5) is 0 Å². The fourth-order valence-corrected chi connectivity index (χ4v) is 11.0. The summed E-state index contributed by atoms with van der Waals surface area (Å²) in [6, 6.07) is 9.70. The largest absolute Gasteiger partial charge is 0.489 e. The van der Waals surface area contributed by atoms with Crippen molar-refractivity contribution in [3.8, 4) is 5.75 Å². The minimum absolute atomic E-state index is 0.155. The van der Waals surface area contributed by atoms with Crippen LogP contribution in [0.2, 0.25) is 0 Å². The first-order valence-electron chi connectivity index (χ1n) is 18.8. The van der Waals surface area contributed by atoms with Crippen LogP contribution >= 0.6 is 0 Å². The van der Waals surface area contributed by atoms with Crippen molar-refractivity contribution >= 4 is 0 Å².